The molecule has 0 bridgehead atoms. The number of nitrogens with zero attached hydrogens (tertiary/aromatic N) is 3. The quantitative estimate of drug-likeness (QED) is 0.307. The minimum atomic E-state index is -0.384. The van der Waals surface area contributed by atoms with Crippen molar-refractivity contribution in [3.8, 4) is 0 Å². The molecular formula is C27H34ClN3O3. The Labute approximate surface area is 206 Å². The van der Waals surface area contributed by atoms with Crippen molar-refractivity contribution >= 4 is 28.4 Å². The summed E-state index contributed by atoms with van der Waals surface area (Å²) in [6, 6.07) is 14.5. The van der Waals surface area contributed by atoms with Crippen molar-refractivity contribution in [2.45, 2.75) is 65.6 Å². The first-order valence-electron chi connectivity index (χ1n) is 12.1. The van der Waals surface area contributed by atoms with Crippen molar-refractivity contribution in [2.24, 2.45) is 0 Å². The van der Waals surface area contributed by atoms with Gasteiger partial charge in [-0.25, -0.2) is 4.98 Å². The summed E-state index contributed by atoms with van der Waals surface area (Å²) in [5, 5.41) is 1.04. The van der Waals surface area contributed by atoms with Crippen molar-refractivity contribution in [1.29, 1.82) is 0 Å². The summed E-state index contributed by atoms with van der Waals surface area (Å²) in [5.74, 6) is 0.456. The van der Waals surface area contributed by atoms with Gasteiger partial charge in [0.05, 0.1) is 23.6 Å². The lowest BCUT2D eigenvalue weighted by Crippen LogP contribution is -2.40. The maximum Gasteiger partial charge on any atom is 0.261 e. The predicted molar refractivity (Wildman–Crippen MR) is 137 cm³/mol. The van der Waals surface area contributed by atoms with Crippen LogP contribution in [0.3, 0.4) is 0 Å². The van der Waals surface area contributed by atoms with Crippen LogP contribution < -0.4 is 5.56 Å². The third-order valence-electron chi connectivity index (χ3n) is 6.01. The summed E-state index contributed by atoms with van der Waals surface area (Å²) < 4.78 is 7.40. The van der Waals surface area contributed by atoms with E-state index in [9.17, 15) is 9.59 Å². The Hall–Kier alpha value is -2.70. The van der Waals surface area contributed by atoms with Gasteiger partial charge in [-0.2, -0.15) is 0 Å². The van der Waals surface area contributed by atoms with Crippen molar-refractivity contribution in [3.05, 3.63) is 75.3 Å². The number of unbranched alkanes of at least 4 members (excludes halogenated alkanes) is 3. The van der Waals surface area contributed by atoms with Crippen LogP contribution in [-0.4, -0.2) is 33.5 Å². The van der Waals surface area contributed by atoms with Crippen LogP contribution in [0.5, 0.6) is 0 Å². The normalized spacial score (nSPS) is 12.1. The van der Waals surface area contributed by atoms with Crippen LogP contribution in [0.15, 0.2) is 53.3 Å². The Kier molecular flexibility index (Phi) is 9.66. The molecule has 0 spiro atoms. The second-order valence-electron chi connectivity index (χ2n) is 8.48. The molecular weight excluding hydrogens is 450 g/mol. The van der Waals surface area contributed by atoms with E-state index in [-0.39, 0.29) is 24.1 Å². The third kappa shape index (κ3) is 6.45. The van der Waals surface area contributed by atoms with Gasteiger partial charge in [0.2, 0.25) is 5.91 Å². The Morgan fingerprint density at radius 3 is 2.59 bits per heavy atom. The highest BCUT2D eigenvalue weighted by molar-refractivity contribution is 6.31. The maximum absolute atomic E-state index is 13.3. The second-order valence-corrected chi connectivity index (χ2v) is 8.92. The largest absolute Gasteiger partial charge is 0.367 e. The summed E-state index contributed by atoms with van der Waals surface area (Å²) in [7, 11) is 0. The number of hydrogen-bond donors (Lipinski definition) is 0. The molecule has 182 valence electrons. The lowest BCUT2D eigenvalue weighted by atomic mass is 10.1. The van der Waals surface area contributed by atoms with Gasteiger partial charge in [-0.1, -0.05) is 68.1 Å². The summed E-state index contributed by atoms with van der Waals surface area (Å²) in [4.78, 5) is 33.0. The highest BCUT2D eigenvalue weighted by Crippen LogP contribution is 2.23. The second kappa shape index (κ2) is 12.7. The molecule has 1 heterocycles. The van der Waals surface area contributed by atoms with E-state index in [1.807, 2.05) is 44.2 Å². The Morgan fingerprint density at radius 2 is 1.88 bits per heavy atom. The number of hydrogen-bond acceptors (Lipinski definition) is 4. The molecule has 2 aromatic carbocycles. The van der Waals surface area contributed by atoms with Gasteiger partial charge in [-0.05, 0) is 44.0 Å². The number of halogens is 1. The van der Waals surface area contributed by atoms with Crippen molar-refractivity contribution in [3.63, 3.8) is 0 Å². The molecule has 0 aliphatic rings. The van der Waals surface area contributed by atoms with Crippen LogP contribution in [-0.2, 0) is 22.7 Å². The van der Waals surface area contributed by atoms with Crippen LogP contribution in [0.25, 0.3) is 10.9 Å². The SMILES string of the molecule is CCCCCCN(C(=O)COCc1ccccc1)C(C)c1nc2cc(Cl)ccc2c(=O)n1CC. The van der Waals surface area contributed by atoms with Crippen LogP contribution in [0.4, 0.5) is 0 Å². The highest BCUT2D eigenvalue weighted by atomic mass is 35.5. The summed E-state index contributed by atoms with van der Waals surface area (Å²) in [5.41, 5.74) is 1.44. The van der Waals surface area contributed by atoms with E-state index in [2.05, 4.69) is 6.92 Å². The lowest BCUT2D eigenvalue weighted by molar-refractivity contribution is -0.139. The molecule has 0 aliphatic carbocycles. The van der Waals surface area contributed by atoms with E-state index in [1.54, 1.807) is 27.7 Å². The molecule has 7 heteroatoms. The van der Waals surface area contributed by atoms with Crippen molar-refractivity contribution in [1.82, 2.24) is 14.5 Å². The van der Waals surface area contributed by atoms with E-state index in [0.29, 0.717) is 41.4 Å². The zero-order valence-corrected chi connectivity index (χ0v) is 21.1. The van der Waals surface area contributed by atoms with Crippen LogP contribution in [0.1, 0.15) is 63.9 Å². The average molecular weight is 484 g/mol. The first-order chi connectivity index (χ1) is 16.5. The molecule has 3 aromatic rings. The fourth-order valence-electron chi connectivity index (χ4n) is 4.13. The Morgan fingerprint density at radius 1 is 1.12 bits per heavy atom. The minimum absolute atomic E-state index is 0.0250. The van der Waals surface area contributed by atoms with Gasteiger partial charge in [0.25, 0.3) is 5.56 Å². The third-order valence-corrected chi connectivity index (χ3v) is 6.25. The number of carbonyl (C=O) groups excluding carboxylic acids is 1. The molecule has 6 nitrogen and oxygen atoms in total. The molecule has 1 amide bonds. The summed E-state index contributed by atoms with van der Waals surface area (Å²) in [6.07, 6.45) is 4.16. The lowest BCUT2D eigenvalue weighted by Gasteiger charge is -2.30. The van der Waals surface area contributed by atoms with Crippen molar-refractivity contribution < 1.29 is 9.53 Å². The molecule has 1 aromatic heterocycles. The highest BCUT2D eigenvalue weighted by Gasteiger charge is 2.26. The van der Waals surface area contributed by atoms with Gasteiger partial charge >= 0.3 is 0 Å². The zero-order chi connectivity index (χ0) is 24.5. The molecule has 0 fully saturated rings. The van der Waals surface area contributed by atoms with Gasteiger partial charge in [-0.15, -0.1) is 0 Å². The fourth-order valence-corrected chi connectivity index (χ4v) is 4.30. The van der Waals surface area contributed by atoms with Gasteiger partial charge in [0.15, 0.2) is 0 Å². The van der Waals surface area contributed by atoms with Gasteiger partial charge in [0.1, 0.15) is 12.4 Å². The Bertz CT molecular complexity index is 1150. The maximum atomic E-state index is 13.3. The first-order valence-corrected chi connectivity index (χ1v) is 12.4. The zero-order valence-electron chi connectivity index (χ0n) is 20.3. The van der Waals surface area contributed by atoms with E-state index in [4.69, 9.17) is 21.3 Å². The van der Waals surface area contributed by atoms with E-state index in [0.717, 1.165) is 31.2 Å². The van der Waals surface area contributed by atoms with E-state index >= 15 is 0 Å². The summed E-state index contributed by atoms with van der Waals surface area (Å²) in [6.45, 7) is 7.40. The average Bonchev–Trinajstić information content (AvgIpc) is 2.84. The molecule has 1 unspecified atom stereocenters. The molecule has 34 heavy (non-hydrogen) atoms. The number of benzene rings is 2. The number of carbonyl (C=O) groups is 1. The van der Waals surface area contributed by atoms with Gasteiger partial charge in [0, 0.05) is 18.1 Å². The first kappa shape index (κ1) is 25.9. The van der Waals surface area contributed by atoms with E-state index < -0.39 is 0 Å². The number of ether oxygens (including phenoxy) is 1. The monoisotopic (exact) mass is 483 g/mol. The fraction of sp³-hybridized carbons (Fsp3) is 0.444. The van der Waals surface area contributed by atoms with Crippen LogP contribution in [0.2, 0.25) is 5.02 Å². The minimum Gasteiger partial charge on any atom is -0.367 e. The van der Waals surface area contributed by atoms with E-state index in [1.165, 1.54) is 0 Å². The Balaban J connectivity index is 1.86. The number of rotatable bonds is 12. The standard InChI is InChI=1S/C27H34ClN3O3/c1-4-6-7-11-16-31(25(32)19-34-18-21-12-9-8-10-13-21)20(3)26-29-24-17-22(28)14-15-23(24)27(33)30(26)5-2/h8-10,12-15,17,20H,4-7,11,16,18-19H2,1-3H3. The summed E-state index contributed by atoms with van der Waals surface area (Å²) >= 11 is 6.17. The number of amides is 1. The molecule has 0 saturated heterocycles. The smallest absolute Gasteiger partial charge is 0.261 e. The van der Waals surface area contributed by atoms with Gasteiger partial charge in [-0.3, -0.25) is 14.2 Å². The molecule has 0 saturated carbocycles. The van der Waals surface area contributed by atoms with Gasteiger partial charge < -0.3 is 9.64 Å². The molecule has 0 radical (unpaired) electrons. The number of aromatic nitrogens is 2. The predicted octanol–water partition coefficient (Wildman–Crippen LogP) is 5.76. The molecule has 1 atom stereocenters. The molecule has 0 N–H and O–H groups in total. The molecule has 3 rings (SSSR count). The van der Waals surface area contributed by atoms with Crippen LogP contribution in [0, 0.1) is 0 Å². The topological polar surface area (TPSA) is 64.4 Å². The van der Waals surface area contributed by atoms with Crippen LogP contribution >= 0.6 is 11.6 Å². The van der Waals surface area contributed by atoms with Crippen molar-refractivity contribution in [2.75, 3.05) is 13.2 Å². The molecule has 0 aliphatic heterocycles. The number of fused-ring (bicyclic) bond motifs is 1.